The number of hydrogen-bond acceptors (Lipinski definition) is 3. The summed E-state index contributed by atoms with van der Waals surface area (Å²) in [4.78, 5) is 12.3. The summed E-state index contributed by atoms with van der Waals surface area (Å²) in [5, 5.41) is 12.9. The van der Waals surface area contributed by atoms with E-state index in [1.807, 2.05) is 38.1 Å². The maximum Gasteiger partial charge on any atom is 0.276 e. The van der Waals surface area contributed by atoms with Crippen molar-refractivity contribution in [2.75, 3.05) is 11.9 Å². The summed E-state index contributed by atoms with van der Waals surface area (Å²) in [7, 11) is 0. The molecule has 0 radical (unpaired) electrons. The highest BCUT2D eigenvalue weighted by atomic mass is 19.1. The molecule has 0 unspecified atom stereocenters. The molecule has 2 atom stereocenters. The van der Waals surface area contributed by atoms with Gasteiger partial charge >= 0.3 is 0 Å². The number of nitrogens with zero attached hydrogens (tertiary/aromatic N) is 1. The molecule has 122 valence electrons. The predicted molar refractivity (Wildman–Crippen MR) is 87.5 cm³/mol. The Hall–Kier alpha value is -2.21. The minimum atomic E-state index is -0.759. The largest absolute Gasteiger partial charge is 0.321 e. The molecular formula is C17H21FN4O. The third-order valence-corrected chi connectivity index (χ3v) is 4.36. The van der Waals surface area contributed by atoms with Crippen molar-refractivity contribution in [3.05, 3.63) is 46.8 Å². The zero-order valence-electron chi connectivity index (χ0n) is 13.3. The van der Waals surface area contributed by atoms with Gasteiger partial charge in [-0.1, -0.05) is 19.1 Å². The number of aryl methyl sites for hydroxylation is 1. The van der Waals surface area contributed by atoms with Gasteiger partial charge < -0.3 is 10.6 Å². The molecule has 0 bridgehead atoms. The first kappa shape index (κ1) is 15.7. The second kappa shape index (κ2) is 6.50. The number of halogens is 1. The van der Waals surface area contributed by atoms with Crippen molar-refractivity contribution in [1.82, 2.24) is 15.5 Å². The lowest BCUT2D eigenvalue weighted by Crippen LogP contribution is -2.55. The van der Waals surface area contributed by atoms with E-state index in [1.54, 1.807) is 0 Å². The zero-order valence-corrected chi connectivity index (χ0v) is 13.3. The molecule has 1 amide bonds. The summed E-state index contributed by atoms with van der Waals surface area (Å²) < 4.78 is 13.2. The Labute approximate surface area is 134 Å². The van der Waals surface area contributed by atoms with Crippen molar-refractivity contribution in [3.8, 4) is 0 Å². The lowest BCUT2D eigenvalue weighted by Gasteiger charge is -2.32. The van der Waals surface area contributed by atoms with Gasteiger partial charge in [0.05, 0.1) is 0 Å². The van der Waals surface area contributed by atoms with E-state index < -0.39 is 6.17 Å². The fraction of sp³-hybridized carbons (Fsp3) is 0.412. The number of carbonyl (C=O) groups excluding carboxylic acids is 1. The smallest absolute Gasteiger partial charge is 0.276 e. The number of carbonyl (C=O) groups is 1. The Morgan fingerprint density at radius 1 is 1.39 bits per heavy atom. The van der Waals surface area contributed by atoms with Crippen molar-refractivity contribution in [3.63, 3.8) is 0 Å². The molecule has 6 heteroatoms. The molecule has 1 aliphatic heterocycles. The first-order valence-electron chi connectivity index (χ1n) is 7.90. The molecule has 0 spiro atoms. The van der Waals surface area contributed by atoms with E-state index >= 15 is 0 Å². The zero-order chi connectivity index (χ0) is 16.4. The normalized spacial score (nSPS) is 20.1. The van der Waals surface area contributed by atoms with Gasteiger partial charge in [-0.3, -0.25) is 9.89 Å². The molecule has 1 aromatic carbocycles. The summed E-state index contributed by atoms with van der Waals surface area (Å²) in [5.41, 5.74) is 4.03. The standard InChI is InChI=1S/C17H21FN4O/c1-3-14-10(2)16(22-21-14)17(23)20-12-6-4-11(5-7-12)8-15-13(18)9-19-15/h4-7,13,15,19H,3,8-9H2,1-2H3,(H,20,23)(H,21,22)/t13-,15-/m1/s1. The topological polar surface area (TPSA) is 69.8 Å². The second-order valence-corrected chi connectivity index (χ2v) is 5.92. The van der Waals surface area contributed by atoms with Gasteiger partial charge in [0.1, 0.15) is 6.17 Å². The highest BCUT2D eigenvalue weighted by molar-refractivity contribution is 6.03. The van der Waals surface area contributed by atoms with E-state index in [9.17, 15) is 9.18 Å². The lowest BCUT2D eigenvalue weighted by atomic mass is 9.96. The highest BCUT2D eigenvalue weighted by Gasteiger charge is 2.29. The molecule has 1 aliphatic rings. The number of alkyl halides is 1. The molecule has 2 aromatic rings. The minimum absolute atomic E-state index is 0.0883. The Balaban J connectivity index is 1.63. The first-order chi connectivity index (χ1) is 11.1. The average molecular weight is 316 g/mol. The number of aromatic amines is 1. The molecule has 23 heavy (non-hydrogen) atoms. The van der Waals surface area contributed by atoms with E-state index in [-0.39, 0.29) is 11.9 Å². The van der Waals surface area contributed by atoms with Gasteiger partial charge in [-0.15, -0.1) is 0 Å². The number of nitrogens with one attached hydrogen (secondary N) is 3. The van der Waals surface area contributed by atoms with E-state index in [1.165, 1.54) is 0 Å². The molecule has 1 fully saturated rings. The fourth-order valence-electron chi connectivity index (χ4n) is 2.74. The van der Waals surface area contributed by atoms with E-state index in [2.05, 4.69) is 20.8 Å². The molecule has 1 aromatic heterocycles. The first-order valence-corrected chi connectivity index (χ1v) is 7.90. The van der Waals surface area contributed by atoms with Crippen molar-refractivity contribution >= 4 is 11.6 Å². The number of hydrogen-bond donors (Lipinski definition) is 3. The Morgan fingerprint density at radius 2 is 2.13 bits per heavy atom. The van der Waals surface area contributed by atoms with Gasteiger partial charge in [-0.25, -0.2) is 4.39 Å². The van der Waals surface area contributed by atoms with Crippen molar-refractivity contribution in [2.24, 2.45) is 0 Å². The molecule has 3 N–H and O–H groups in total. The number of benzene rings is 1. The van der Waals surface area contributed by atoms with E-state index in [0.29, 0.717) is 24.3 Å². The monoisotopic (exact) mass is 316 g/mol. The molecule has 2 heterocycles. The fourth-order valence-corrected chi connectivity index (χ4v) is 2.74. The number of H-pyrrole nitrogens is 1. The van der Waals surface area contributed by atoms with Gasteiger partial charge in [0, 0.05) is 29.5 Å². The SMILES string of the molecule is CCc1[nH]nc(C(=O)Nc2ccc(C[C@H]3NC[C@H]3F)cc2)c1C. The summed E-state index contributed by atoms with van der Waals surface area (Å²) in [5.74, 6) is -0.226. The quantitative estimate of drug-likeness (QED) is 0.793. The van der Waals surface area contributed by atoms with Gasteiger partial charge in [-0.05, 0) is 37.5 Å². The van der Waals surface area contributed by atoms with Gasteiger partial charge in [0.2, 0.25) is 0 Å². The Kier molecular flexibility index (Phi) is 4.43. The van der Waals surface area contributed by atoms with Gasteiger partial charge in [-0.2, -0.15) is 5.10 Å². The van der Waals surface area contributed by atoms with Crippen LogP contribution in [0, 0.1) is 6.92 Å². The van der Waals surface area contributed by atoms with Crippen molar-refractivity contribution < 1.29 is 9.18 Å². The summed E-state index contributed by atoms with van der Waals surface area (Å²) in [6, 6.07) is 7.41. The van der Waals surface area contributed by atoms with Crippen LogP contribution in [0.15, 0.2) is 24.3 Å². The van der Waals surface area contributed by atoms with Crippen LogP contribution < -0.4 is 10.6 Å². The van der Waals surface area contributed by atoms with E-state index in [4.69, 9.17) is 0 Å². The van der Waals surface area contributed by atoms with Gasteiger partial charge in [0.15, 0.2) is 5.69 Å². The number of amides is 1. The third kappa shape index (κ3) is 3.27. The molecule has 1 saturated heterocycles. The van der Waals surface area contributed by atoms with Crippen LogP contribution in [0.3, 0.4) is 0 Å². The second-order valence-electron chi connectivity index (χ2n) is 5.92. The van der Waals surface area contributed by atoms with Crippen LogP contribution in [-0.2, 0) is 12.8 Å². The number of rotatable bonds is 5. The van der Waals surface area contributed by atoms with Crippen LogP contribution in [-0.4, -0.2) is 34.9 Å². The molecule has 3 rings (SSSR count). The van der Waals surface area contributed by atoms with Crippen molar-refractivity contribution in [1.29, 1.82) is 0 Å². The van der Waals surface area contributed by atoms with Crippen LogP contribution in [0.5, 0.6) is 0 Å². The molecular weight excluding hydrogens is 295 g/mol. The summed E-state index contributed by atoms with van der Waals surface area (Å²) in [6.07, 6.45) is 0.712. The van der Waals surface area contributed by atoms with Crippen LogP contribution in [0.2, 0.25) is 0 Å². The van der Waals surface area contributed by atoms with Crippen LogP contribution in [0.4, 0.5) is 10.1 Å². The van der Waals surface area contributed by atoms with Crippen LogP contribution in [0.25, 0.3) is 0 Å². The molecule has 0 aliphatic carbocycles. The predicted octanol–water partition coefficient (Wildman–Crippen LogP) is 2.39. The van der Waals surface area contributed by atoms with E-state index in [0.717, 1.165) is 23.2 Å². The molecule has 0 saturated carbocycles. The minimum Gasteiger partial charge on any atom is -0.321 e. The van der Waals surface area contributed by atoms with Gasteiger partial charge in [0.25, 0.3) is 5.91 Å². The Bertz CT molecular complexity index is 695. The van der Waals surface area contributed by atoms with Crippen LogP contribution in [0.1, 0.15) is 34.2 Å². The number of anilines is 1. The lowest BCUT2D eigenvalue weighted by molar-refractivity contribution is 0.102. The average Bonchev–Trinajstić information content (AvgIpc) is 2.93. The van der Waals surface area contributed by atoms with Crippen LogP contribution >= 0.6 is 0 Å². The number of aromatic nitrogens is 2. The molecule has 5 nitrogen and oxygen atoms in total. The summed E-state index contributed by atoms with van der Waals surface area (Å²) in [6.45, 7) is 4.35. The Morgan fingerprint density at radius 3 is 2.65 bits per heavy atom. The maximum atomic E-state index is 13.2. The van der Waals surface area contributed by atoms with Crippen molar-refractivity contribution in [2.45, 2.75) is 38.9 Å². The third-order valence-electron chi connectivity index (χ3n) is 4.36. The maximum absolute atomic E-state index is 13.2. The summed E-state index contributed by atoms with van der Waals surface area (Å²) >= 11 is 0. The highest BCUT2D eigenvalue weighted by Crippen LogP contribution is 2.18.